The highest BCUT2D eigenvalue weighted by Crippen LogP contribution is 2.41. The van der Waals surface area contributed by atoms with Gasteiger partial charge in [0.05, 0.1) is 6.54 Å². The molecule has 5 rings (SSSR count). The van der Waals surface area contributed by atoms with Crippen LogP contribution in [-0.4, -0.2) is 12.8 Å². The van der Waals surface area contributed by atoms with Crippen LogP contribution in [0, 0.1) is 17.8 Å². The third-order valence-corrected chi connectivity index (χ3v) is 10.9. The Labute approximate surface area is 258 Å². The topological polar surface area (TPSA) is 12.4 Å². The third kappa shape index (κ3) is 7.94. The van der Waals surface area contributed by atoms with Crippen LogP contribution < -0.4 is 0 Å². The first kappa shape index (κ1) is 31.0. The molecule has 0 aromatic rings. The van der Waals surface area contributed by atoms with Crippen LogP contribution in [0.1, 0.15) is 130 Å². The van der Waals surface area contributed by atoms with Crippen molar-refractivity contribution in [2.75, 3.05) is 6.54 Å². The Bertz CT molecular complexity index is 1250. The molecule has 0 amide bonds. The maximum Gasteiger partial charge on any atom is 0.0642 e. The second-order valence-corrected chi connectivity index (χ2v) is 14.0. The van der Waals surface area contributed by atoms with Crippen LogP contribution in [0.2, 0.25) is 0 Å². The van der Waals surface area contributed by atoms with Gasteiger partial charge in [0.1, 0.15) is 0 Å². The van der Waals surface area contributed by atoms with E-state index < -0.39 is 0 Å². The summed E-state index contributed by atoms with van der Waals surface area (Å²) in [5.41, 5.74) is 14.7. The smallest absolute Gasteiger partial charge is 0.0642 e. The second kappa shape index (κ2) is 15.4. The molecule has 0 aromatic carbocycles. The van der Waals surface area contributed by atoms with Crippen molar-refractivity contribution in [1.29, 1.82) is 0 Å². The van der Waals surface area contributed by atoms with Gasteiger partial charge in [-0.1, -0.05) is 86.8 Å². The molecule has 1 fully saturated rings. The molecule has 1 nitrogen and oxygen atoms in total. The zero-order chi connectivity index (χ0) is 29.3. The van der Waals surface area contributed by atoms with E-state index in [1.807, 2.05) is 6.21 Å². The fourth-order valence-corrected chi connectivity index (χ4v) is 8.06. The van der Waals surface area contributed by atoms with Crippen molar-refractivity contribution in [2.24, 2.45) is 22.7 Å². The molecule has 226 valence electrons. The van der Waals surface area contributed by atoms with Crippen molar-refractivity contribution in [2.45, 2.75) is 130 Å². The fraction of sp³-hybridized carbons (Fsp3) is 0.585. The average Bonchev–Trinajstić information content (AvgIpc) is 3.58. The summed E-state index contributed by atoms with van der Waals surface area (Å²) < 4.78 is 0. The van der Waals surface area contributed by atoms with Gasteiger partial charge in [-0.25, -0.2) is 0 Å². The van der Waals surface area contributed by atoms with E-state index in [4.69, 9.17) is 0 Å². The molecule has 1 heteroatoms. The average molecular weight is 564 g/mol. The quantitative estimate of drug-likeness (QED) is 0.222. The van der Waals surface area contributed by atoms with E-state index in [0.717, 1.165) is 12.5 Å². The van der Waals surface area contributed by atoms with Crippen molar-refractivity contribution < 1.29 is 0 Å². The zero-order valence-electron chi connectivity index (χ0n) is 27.3. The lowest BCUT2D eigenvalue weighted by molar-refractivity contribution is 0.447. The van der Waals surface area contributed by atoms with Gasteiger partial charge in [-0.2, -0.15) is 0 Å². The van der Waals surface area contributed by atoms with E-state index in [9.17, 15) is 0 Å². The van der Waals surface area contributed by atoms with Crippen LogP contribution in [0.4, 0.5) is 0 Å². The lowest BCUT2D eigenvalue weighted by atomic mass is 9.77. The molecule has 0 N–H and O–H groups in total. The zero-order valence-corrected chi connectivity index (χ0v) is 27.3. The number of aliphatic imine (C=N–C) groups is 1. The van der Waals surface area contributed by atoms with Crippen LogP contribution in [0.15, 0.2) is 97.7 Å². The summed E-state index contributed by atoms with van der Waals surface area (Å²) in [6.07, 6.45) is 39.6. The van der Waals surface area contributed by atoms with Crippen LogP contribution >= 0.6 is 0 Å². The molecule has 1 heterocycles. The third-order valence-electron chi connectivity index (χ3n) is 10.9. The van der Waals surface area contributed by atoms with Gasteiger partial charge in [0.25, 0.3) is 0 Å². The minimum atomic E-state index is 0.654. The van der Waals surface area contributed by atoms with Gasteiger partial charge in [-0.15, -0.1) is 0 Å². The molecule has 4 aliphatic carbocycles. The van der Waals surface area contributed by atoms with Crippen molar-refractivity contribution in [3.05, 3.63) is 92.7 Å². The SMILES string of the molecule is CCCC/C(C1=CC=C(C(C)CC/C(C2=CC=C(C3=CC=NC3)CC2)=C2/CCCC(C)C2)CC1)=C(\C)C1C=CCCC1. The number of unbranched alkanes of at least 4 members (excludes halogenated alkanes) is 1. The van der Waals surface area contributed by atoms with E-state index >= 15 is 0 Å². The maximum absolute atomic E-state index is 4.42. The summed E-state index contributed by atoms with van der Waals surface area (Å²) in [6.45, 7) is 10.6. The Kier molecular flexibility index (Phi) is 11.3. The number of rotatable bonds is 11. The van der Waals surface area contributed by atoms with E-state index in [-0.39, 0.29) is 0 Å². The van der Waals surface area contributed by atoms with Crippen molar-refractivity contribution in [3.8, 4) is 0 Å². The monoisotopic (exact) mass is 563 g/mol. The predicted molar refractivity (Wildman–Crippen MR) is 184 cm³/mol. The Morgan fingerprint density at radius 1 is 0.905 bits per heavy atom. The van der Waals surface area contributed by atoms with Crippen molar-refractivity contribution in [3.63, 3.8) is 0 Å². The maximum atomic E-state index is 4.42. The molecule has 0 spiro atoms. The van der Waals surface area contributed by atoms with Crippen LogP contribution in [0.25, 0.3) is 0 Å². The normalized spacial score (nSPS) is 27.0. The van der Waals surface area contributed by atoms with Crippen LogP contribution in [0.3, 0.4) is 0 Å². The van der Waals surface area contributed by atoms with Crippen LogP contribution in [-0.2, 0) is 0 Å². The van der Waals surface area contributed by atoms with E-state index in [2.05, 4.69) is 75.2 Å². The first-order valence-electron chi connectivity index (χ1n) is 17.6. The second-order valence-electron chi connectivity index (χ2n) is 14.0. The highest BCUT2D eigenvalue weighted by atomic mass is 14.7. The molecule has 42 heavy (non-hydrogen) atoms. The molecule has 3 unspecified atom stereocenters. The molecule has 1 saturated carbocycles. The minimum Gasteiger partial charge on any atom is -0.288 e. The molecule has 1 aliphatic heterocycles. The minimum absolute atomic E-state index is 0.654. The summed E-state index contributed by atoms with van der Waals surface area (Å²) in [7, 11) is 0. The van der Waals surface area contributed by atoms with Crippen molar-refractivity contribution in [1.82, 2.24) is 0 Å². The van der Waals surface area contributed by atoms with Gasteiger partial charge >= 0.3 is 0 Å². The predicted octanol–water partition coefficient (Wildman–Crippen LogP) is 12.1. The molecular weight excluding hydrogens is 506 g/mol. The lowest BCUT2D eigenvalue weighted by Crippen LogP contribution is -2.11. The molecule has 0 radical (unpaired) electrons. The van der Waals surface area contributed by atoms with Gasteiger partial charge in [0.15, 0.2) is 0 Å². The molecule has 5 aliphatic rings. The number of hydrogen-bond donors (Lipinski definition) is 0. The van der Waals surface area contributed by atoms with Gasteiger partial charge in [0.2, 0.25) is 0 Å². The number of allylic oxidation sites excluding steroid dienone is 14. The summed E-state index contributed by atoms with van der Waals surface area (Å²) in [4.78, 5) is 4.42. The van der Waals surface area contributed by atoms with Gasteiger partial charge < -0.3 is 0 Å². The Balaban J connectivity index is 1.30. The van der Waals surface area contributed by atoms with Gasteiger partial charge in [-0.05, 0) is 154 Å². The Morgan fingerprint density at radius 3 is 2.43 bits per heavy atom. The molecule has 0 saturated heterocycles. The molecule has 0 aromatic heterocycles. The molecular formula is C41H57N. The van der Waals surface area contributed by atoms with Gasteiger partial charge in [-0.3, -0.25) is 4.99 Å². The summed E-state index contributed by atoms with van der Waals surface area (Å²) in [5.74, 6) is 2.15. The summed E-state index contributed by atoms with van der Waals surface area (Å²) in [6, 6.07) is 0. The summed E-state index contributed by atoms with van der Waals surface area (Å²) >= 11 is 0. The largest absolute Gasteiger partial charge is 0.288 e. The highest BCUT2D eigenvalue weighted by Gasteiger charge is 2.23. The van der Waals surface area contributed by atoms with E-state index in [0.29, 0.717) is 11.8 Å². The number of nitrogens with zero attached hydrogens (tertiary/aromatic N) is 1. The summed E-state index contributed by atoms with van der Waals surface area (Å²) in [5, 5.41) is 0. The van der Waals surface area contributed by atoms with E-state index in [1.54, 1.807) is 39.0 Å². The van der Waals surface area contributed by atoms with Gasteiger partial charge in [0, 0.05) is 6.21 Å². The van der Waals surface area contributed by atoms with Crippen LogP contribution in [0.5, 0.6) is 0 Å². The number of hydrogen-bond acceptors (Lipinski definition) is 1. The Hall–Kier alpha value is -2.41. The fourth-order valence-electron chi connectivity index (χ4n) is 8.06. The first-order chi connectivity index (χ1) is 20.5. The standard InChI is InChI=1S/C41H57N/c1-5-6-15-40(32(4)34-12-8-7-9-13-34)36-21-17-33(18-22-36)31(3)16-25-41(38-14-10-11-30(2)28-38)37-23-19-35(20-24-37)39-26-27-42-29-39/h8,12,17,19,21,23,26-27,30-31,34H,5-7,9-11,13-16,18,20,22,24-25,28-29H2,1-4H3/b40-32-,41-38+. The first-order valence-corrected chi connectivity index (χ1v) is 17.6. The Morgan fingerprint density at radius 2 is 1.76 bits per heavy atom. The van der Waals surface area contributed by atoms with Crippen molar-refractivity contribution >= 4 is 6.21 Å². The lowest BCUT2D eigenvalue weighted by Gasteiger charge is -2.28. The highest BCUT2D eigenvalue weighted by molar-refractivity contribution is 5.77. The molecule has 3 atom stereocenters. The molecule has 0 bridgehead atoms. The van der Waals surface area contributed by atoms with E-state index in [1.165, 1.54) is 114 Å².